The number of benzene rings is 6. The smallest absolute Gasteiger partial charge is 0.417 e. The van der Waals surface area contributed by atoms with Crippen molar-refractivity contribution in [2.75, 3.05) is 42.1 Å². The lowest BCUT2D eigenvalue weighted by Crippen LogP contribution is -2.40. The number of methoxy groups -OCH3 is 3. The van der Waals surface area contributed by atoms with Gasteiger partial charge in [-0.25, -0.2) is 5.06 Å². The van der Waals surface area contributed by atoms with Crippen LogP contribution in [-0.2, 0) is 118 Å². The van der Waals surface area contributed by atoms with Gasteiger partial charge in [-0.2, -0.15) is 65.9 Å². The molecule has 0 saturated carbocycles. The van der Waals surface area contributed by atoms with Gasteiger partial charge >= 0.3 is 42.7 Å². The zero-order valence-electron chi connectivity index (χ0n) is 52.2. The molecular weight excluding hydrogens is 1480 g/mol. The van der Waals surface area contributed by atoms with Crippen LogP contribution in [0.15, 0.2) is 109 Å². The fourth-order valence-corrected chi connectivity index (χ4v) is 8.97. The second kappa shape index (κ2) is 38.4. The number of aryl methyl sites for hydroxylation is 2. The van der Waals surface area contributed by atoms with E-state index in [2.05, 4.69) is 30.8 Å². The first-order chi connectivity index (χ1) is 46.4. The molecule has 0 saturated heterocycles. The summed E-state index contributed by atoms with van der Waals surface area (Å²) in [5, 5.41) is 7.30. The minimum atomic E-state index is -4.68. The standard InChI is InChI=1S/C20H19ClF3NO4.C19H13Cl2F6NO2.C12H12ClF3N2O3.C12H11ClF3NO3/c1-28-17-8-5-12(10-18(17)29-2)4-7-16(26)19(27)25-11-13-3-6-15(21)14(9-13)20(22,23)24;20-14-4-1-10(7-12(14)18(22,23)24)3-6-16(29)17(30)28-9-11-2-5-15(21)13(8-11)19(25,26)27;1-18(21-2)11(20)10(19)17-6-7-3-4-9(13)8(5-7)12(14,15)16;1-20-6-10(18)11(19)17-5-7-2-3-9(13)8(4-7)12(14,15)16/h3,5-6,8-10H,4,7,11H2,1-2H3,(H,25,27);1-2,4-5,7-8H,3,6,9H2,(H,28,30);3-5H,6H2,1-2H3,(H,17,19);2-4H,5-6H2,1H3,(H,17,19). The predicted octanol–water partition coefficient (Wildman–Crippen LogP) is 14.2. The molecule has 0 aliphatic carbocycles. The lowest BCUT2D eigenvalue weighted by molar-refractivity contribution is -0.173. The molecule has 37 heteroatoms. The second-order valence-corrected chi connectivity index (χ2v) is 22.2. The van der Waals surface area contributed by atoms with Gasteiger partial charge in [0.2, 0.25) is 17.3 Å². The largest absolute Gasteiger partial charge is 0.493 e. The van der Waals surface area contributed by atoms with E-state index in [9.17, 15) is 104 Å². The highest BCUT2D eigenvalue weighted by Gasteiger charge is 2.37. The molecule has 100 heavy (non-hydrogen) atoms. The van der Waals surface area contributed by atoms with Gasteiger partial charge in [-0.05, 0) is 119 Å². The van der Waals surface area contributed by atoms with E-state index < -0.39 is 131 Å². The van der Waals surface area contributed by atoms with Crippen molar-refractivity contribution in [3.63, 3.8) is 0 Å². The van der Waals surface area contributed by atoms with Gasteiger partial charge in [0, 0.05) is 53.2 Å². The number of nitrogens with zero attached hydrogens (tertiary/aromatic N) is 1. The fourth-order valence-electron chi connectivity index (χ4n) is 7.85. The summed E-state index contributed by atoms with van der Waals surface area (Å²) < 4.78 is 206. The molecule has 0 fully saturated rings. The third-order valence-corrected chi connectivity index (χ3v) is 14.7. The fraction of sp³-hybridized carbons (Fsp3) is 0.302. The molecule has 6 aromatic carbocycles. The lowest BCUT2D eigenvalue weighted by Gasteiger charge is -2.14. The maximum Gasteiger partial charge on any atom is 0.417 e. The van der Waals surface area contributed by atoms with Crippen LogP contribution in [0.4, 0.5) is 65.9 Å². The van der Waals surface area contributed by atoms with E-state index in [-0.39, 0.29) is 79.9 Å². The number of rotatable bonds is 22. The van der Waals surface area contributed by atoms with Crippen molar-refractivity contribution in [2.45, 2.75) is 82.7 Å². The highest BCUT2D eigenvalue weighted by Crippen LogP contribution is 2.40. The molecule has 0 spiro atoms. The SMILES string of the molecule is COCC(=O)C(=O)NCc1ccc(Cl)c(C(F)(F)F)c1.CON(C)C(=O)C(=O)NCc1ccc(Cl)c(C(F)(F)F)c1.COc1ccc(CCC(=O)C(=O)NCc2ccc(Cl)c(C(F)(F)F)c2)cc1OC.O=C(CCc1ccc(Cl)c(C(F)(F)F)c1)C(=O)NCc1ccc(Cl)c(C(F)(F)F)c1. The molecule has 5 amide bonds. The van der Waals surface area contributed by atoms with Crippen molar-refractivity contribution >= 4 is 105 Å². The number of ether oxygens (including phenoxy) is 3. The van der Waals surface area contributed by atoms with Crippen LogP contribution in [0.1, 0.15) is 74.0 Å². The van der Waals surface area contributed by atoms with Crippen LogP contribution in [0, 0.1) is 0 Å². The number of hydroxylamine groups is 2. The van der Waals surface area contributed by atoms with E-state index in [1.165, 1.54) is 65.8 Å². The topological polar surface area (TPSA) is 225 Å². The summed E-state index contributed by atoms with van der Waals surface area (Å²) in [5.74, 6) is -6.18. The van der Waals surface area contributed by atoms with Crippen LogP contribution in [-0.4, -0.2) is 94.0 Å². The summed E-state index contributed by atoms with van der Waals surface area (Å²) in [6.45, 7) is -1.43. The van der Waals surface area contributed by atoms with Crippen molar-refractivity contribution in [2.24, 2.45) is 0 Å². The van der Waals surface area contributed by atoms with E-state index in [0.29, 0.717) is 23.0 Å². The summed E-state index contributed by atoms with van der Waals surface area (Å²) in [4.78, 5) is 97.4. The molecule has 0 radical (unpaired) electrons. The van der Waals surface area contributed by atoms with E-state index >= 15 is 0 Å². The number of carbonyl (C=O) groups excluding carboxylic acids is 8. The number of likely N-dealkylation sites (N-methyl/N-ethyl adjacent to an activating group) is 1. The molecule has 0 bridgehead atoms. The number of hydrogen-bond acceptors (Lipinski definition) is 12. The second-order valence-electron chi connectivity index (χ2n) is 20.2. The Bertz CT molecular complexity index is 3820. The highest BCUT2D eigenvalue weighted by molar-refractivity contribution is 6.38. The van der Waals surface area contributed by atoms with E-state index in [4.69, 9.17) is 67.5 Å². The first-order valence-corrected chi connectivity index (χ1v) is 29.8. The Hall–Kier alpha value is -8.40. The van der Waals surface area contributed by atoms with Gasteiger partial charge in [-0.15, -0.1) is 0 Å². The lowest BCUT2D eigenvalue weighted by atomic mass is 10.0. The molecule has 544 valence electrons. The number of Topliss-reactive ketones (excluding diaryl/α,β-unsaturated/α-hetero) is 3. The molecule has 0 unspecified atom stereocenters. The van der Waals surface area contributed by atoms with Crippen molar-refractivity contribution in [3.8, 4) is 11.5 Å². The summed E-state index contributed by atoms with van der Waals surface area (Å²) >= 11 is 27.5. The molecule has 0 aliphatic rings. The monoisotopic (exact) mass is 1530 g/mol. The third kappa shape index (κ3) is 28.0. The Labute approximate surface area is 583 Å². The predicted molar refractivity (Wildman–Crippen MR) is 333 cm³/mol. The quantitative estimate of drug-likeness (QED) is 0.0283. The highest BCUT2D eigenvalue weighted by atomic mass is 35.5. The number of carbonyl (C=O) groups is 8. The molecule has 0 atom stereocenters. The molecule has 17 nitrogen and oxygen atoms in total. The van der Waals surface area contributed by atoms with E-state index in [0.717, 1.165) is 66.2 Å². The van der Waals surface area contributed by atoms with Crippen molar-refractivity contribution in [1.29, 1.82) is 0 Å². The molecular formula is C63H55Cl5F15N5O12. The Morgan fingerprint density at radius 1 is 0.360 bits per heavy atom. The Balaban J connectivity index is 0.000000352. The van der Waals surface area contributed by atoms with Gasteiger partial charge < -0.3 is 35.5 Å². The van der Waals surface area contributed by atoms with Gasteiger partial charge in [0.05, 0.1) is 74.3 Å². The van der Waals surface area contributed by atoms with Crippen molar-refractivity contribution < 1.29 is 123 Å². The van der Waals surface area contributed by atoms with Crippen molar-refractivity contribution in [3.05, 3.63) is 196 Å². The van der Waals surface area contributed by atoms with Gasteiger partial charge in [0.15, 0.2) is 11.5 Å². The first kappa shape index (κ1) is 85.8. The van der Waals surface area contributed by atoms with E-state index in [1.54, 1.807) is 18.2 Å². The average molecular weight is 1540 g/mol. The molecule has 0 aromatic heterocycles. The number of ketones is 3. The minimum Gasteiger partial charge on any atom is -0.493 e. The maximum atomic E-state index is 12.9. The minimum absolute atomic E-state index is 0.0598. The zero-order valence-corrected chi connectivity index (χ0v) is 55.9. The Morgan fingerprint density at radius 3 is 0.900 bits per heavy atom. The van der Waals surface area contributed by atoms with Gasteiger partial charge in [0.1, 0.15) is 6.61 Å². The average Bonchev–Trinajstić information content (AvgIpc) is 0.849. The Morgan fingerprint density at radius 2 is 0.620 bits per heavy atom. The van der Waals surface area contributed by atoms with Crippen molar-refractivity contribution in [1.82, 2.24) is 26.3 Å². The van der Waals surface area contributed by atoms with Crippen LogP contribution in [0.25, 0.3) is 0 Å². The summed E-state index contributed by atoms with van der Waals surface area (Å²) in [5.41, 5.74) is -3.60. The summed E-state index contributed by atoms with van der Waals surface area (Å²) in [7, 11) is 6.66. The molecule has 6 aromatic rings. The maximum absolute atomic E-state index is 12.9. The number of hydrogen-bond donors (Lipinski definition) is 4. The number of alkyl halides is 15. The third-order valence-electron chi connectivity index (χ3n) is 13.0. The summed E-state index contributed by atoms with van der Waals surface area (Å²) in [6.07, 6.45) is -23.4. The molecule has 6 rings (SSSR count). The molecule has 0 aliphatic heterocycles. The van der Waals surface area contributed by atoms with Gasteiger partial charge in [-0.1, -0.05) is 94.4 Å². The molecule has 0 heterocycles. The van der Waals surface area contributed by atoms with Crippen LogP contribution < -0.4 is 30.7 Å². The Kier molecular flexibility index (Phi) is 33.0. The number of nitrogens with one attached hydrogen (secondary N) is 4. The summed E-state index contributed by atoms with van der Waals surface area (Å²) in [6, 6.07) is 21.1. The van der Waals surface area contributed by atoms with Crippen LogP contribution in [0.3, 0.4) is 0 Å². The first-order valence-electron chi connectivity index (χ1n) is 27.9. The number of halogens is 20. The number of amides is 5. The van der Waals surface area contributed by atoms with Crippen LogP contribution >= 0.6 is 58.0 Å². The van der Waals surface area contributed by atoms with Gasteiger partial charge in [-0.3, -0.25) is 43.2 Å². The zero-order chi connectivity index (χ0) is 75.8. The van der Waals surface area contributed by atoms with Crippen LogP contribution in [0.5, 0.6) is 11.5 Å². The van der Waals surface area contributed by atoms with Crippen LogP contribution in [0.2, 0.25) is 25.1 Å². The van der Waals surface area contributed by atoms with E-state index in [1.807, 2.05) is 0 Å². The normalized spacial score (nSPS) is 11.4. The van der Waals surface area contributed by atoms with Gasteiger partial charge in [0.25, 0.3) is 17.7 Å². The molecule has 4 N–H and O–H groups in total.